The van der Waals surface area contributed by atoms with Gasteiger partial charge in [0.2, 0.25) is 10.0 Å². The Morgan fingerprint density at radius 3 is 2.65 bits per heavy atom. The number of nitrogens with one attached hydrogen (secondary N) is 1. The molecule has 112 valence electrons. The molecular formula is C14H22N2O3S. The van der Waals surface area contributed by atoms with E-state index in [-0.39, 0.29) is 6.04 Å². The Bertz CT molecular complexity index is 578. The highest BCUT2D eigenvalue weighted by Gasteiger charge is 2.26. The zero-order valence-electron chi connectivity index (χ0n) is 12.0. The molecule has 1 atom stereocenters. The van der Waals surface area contributed by atoms with Crippen molar-refractivity contribution in [2.45, 2.75) is 44.0 Å². The van der Waals surface area contributed by atoms with Crippen LogP contribution >= 0.6 is 0 Å². The number of benzene rings is 1. The smallest absolute Gasteiger partial charge is 0.241 e. The van der Waals surface area contributed by atoms with Crippen molar-refractivity contribution in [2.75, 3.05) is 18.9 Å². The maximum Gasteiger partial charge on any atom is 0.241 e. The van der Waals surface area contributed by atoms with Crippen LogP contribution in [0.1, 0.15) is 31.4 Å². The number of hydrogen-bond donors (Lipinski definition) is 2. The van der Waals surface area contributed by atoms with E-state index < -0.39 is 10.0 Å². The molecule has 0 radical (unpaired) electrons. The summed E-state index contributed by atoms with van der Waals surface area (Å²) in [6, 6.07) is 3.44. The molecule has 20 heavy (non-hydrogen) atoms. The van der Waals surface area contributed by atoms with Crippen LogP contribution in [-0.2, 0) is 27.6 Å². The molecule has 1 fully saturated rings. The molecule has 0 amide bonds. The Hall–Kier alpha value is -1.11. The van der Waals surface area contributed by atoms with E-state index in [2.05, 4.69) is 4.72 Å². The minimum atomic E-state index is -3.55. The summed E-state index contributed by atoms with van der Waals surface area (Å²) < 4.78 is 33.1. The van der Waals surface area contributed by atoms with Crippen molar-refractivity contribution in [3.05, 3.63) is 23.3 Å². The van der Waals surface area contributed by atoms with Gasteiger partial charge in [0.15, 0.2) is 0 Å². The second-order valence-electron chi connectivity index (χ2n) is 5.05. The maximum absolute atomic E-state index is 12.6. The predicted octanol–water partition coefficient (Wildman–Crippen LogP) is 1.46. The maximum atomic E-state index is 12.6. The van der Waals surface area contributed by atoms with Gasteiger partial charge in [-0.25, -0.2) is 13.1 Å². The summed E-state index contributed by atoms with van der Waals surface area (Å²) in [6.45, 7) is 4.93. The fraction of sp³-hybridized carbons (Fsp3) is 0.571. The molecule has 5 nitrogen and oxygen atoms in total. The highest BCUT2D eigenvalue weighted by Crippen LogP contribution is 2.25. The highest BCUT2D eigenvalue weighted by atomic mass is 32.2. The lowest BCUT2D eigenvalue weighted by atomic mass is 10.1. The number of nitrogens with two attached hydrogens (primary N) is 1. The minimum Gasteiger partial charge on any atom is -0.398 e. The summed E-state index contributed by atoms with van der Waals surface area (Å²) in [7, 11) is -3.55. The molecule has 6 heteroatoms. The Morgan fingerprint density at radius 1 is 1.35 bits per heavy atom. The molecule has 1 aromatic carbocycles. The number of rotatable bonds is 5. The van der Waals surface area contributed by atoms with Crippen LogP contribution in [0.2, 0.25) is 0 Å². The van der Waals surface area contributed by atoms with Gasteiger partial charge in [-0.05, 0) is 42.5 Å². The molecule has 0 spiro atoms. The van der Waals surface area contributed by atoms with Gasteiger partial charge in [-0.15, -0.1) is 0 Å². The number of anilines is 1. The third-order valence-corrected chi connectivity index (χ3v) is 5.19. The normalized spacial score (nSPS) is 19.4. The zero-order chi connectivity index (χ0) is 14.8. The number of sulfonamides is 1. The Morgan fingerprint density at radius 2 is 2.10 bits per heavy atom. The second kappa shape index (κ2) is 6.11. The van der Waals surface area contributed by atoms with Crippen LogP contribution in [-0.4, -0.2) is 27.7 Å². The Labute approximate surface area is 120 Å². The van der Waals surface area contributed by atoms with E-state index in [0.29, 0.717) is 42.2 Å². The van der Waals surface area contributed by atoms with Crippen LogP contribution < -0.4 is 10.5 Å². The molecule has 2 rings (SSSR count). The monoisotopic (exact) mass is 298 g/mol. The van der Waals surface area contributed by atoms with Gasteiger partial charge < -0.3 is 10.5 Å². The lowest BCUT2D eigenvalue weighted by Gasteiger charge is -2.16. The number of hydrogen-bond acceptors (Lipinski definition) is 4. The van der Waals surface area contributed by atoms with E-state index in [4.69, 9.17) is 10.5 Å². The summed E-state index contributed by atoms with van der Waals surface area (Å²) in [5, 5.41) is 0. The van der Waals surface area contributed by atoms with E-state index in [1.807, 2.05) is 19.9 Å². The topological polar surface area (TPSA) is 81.4 Å². The van der Waals surface area contributed by atoms with Gasteiger partial charge in [0.25, 0.3) is 0 Å². The van der Waals surface area contributed by atoms with E-state index in [1.165, 1.54) is 0 Å². The van der Waals surface area contributed by atoms with E-state index in [0.717, 1.165) is 12.0 Å². The molecule has 1 heterocycles. The molecule has 1 aliphatic heterocycles. The van der Waals surface area contributed by atoms with Crippen LogP contribution in [0.5, 0.6) is 0 Å². The largest absolute Gasteiger partial charge is 0.398 e. The average molecular weight is 298 g/mol. The summed E-state index contributed by atoms with van der Waals surface area (Å²) in [5.41, 5.74) is 8.17. The van der Waals surface area contributed by atoms with Gasteiger partial charge in [0, 0.05) is 18.3 Å². The van der Waals surface area contributed by atoms with Crippen LogP contribution in [0.3, 0.4) is 0 Å². The summed E-state index contributed by atoms with van der Waals surface area (Å²) in [4.78, 5) is 0.309. The first-order chi connectivity index (χ1) is 9.47. The highest BCUT2D eigenvalue weighted by molar-refractivity contribution is 7.89. The van der Waals surface area contributed by atoms with Crippen molar-refractivity contribution in [1.82, 2.24) is 4.72 Å². The van der Waals surface area contributed by atoms with Crippen molar-refractivity contribution in [2.24, 2.45) is 0 Å². The van der Waals surface area contributed by atoms with Crippen molar-refractivity contribution in [3.63, 3.8) is 0 Å². The molecule has 0 saturated carbocycles. The first-order valence-electron chi connectivity index (χ1n) is 6.99. The van der Waals surface area contributed by atoms with E-state index >= 15 is 0 Å². The zero-order valence-corrected chi connectivity index (χ0v) is 12.8. The summed E-state index contributed by atoms with van der Waals surface area (Å²) >= 11 is 0. The van der Waals surface area contributed by atoms with Gasteiger partial charge in [-0.2, -0.15) is 0 Å². The minimum absolute atomic E-state index is 0.142. The third-order valence-electron chi connectivity index (χ3n) is 3.61. The van der Waals surface area contributed by atoms with Crippen LogP contribution in [0.15, 0.2) is 17.0 Å². The van der Waals surface area contributed by atoms with E-state index in [1.54, 1.807) is 6.07 Å². The lowest BCUT2D eigenvalue weighted by molar-refractivity contribution is 0.192. The fourth-order valence-corrected chi connectivity index (χ4v) is 4.10. The number of nitrogen functional groups attached to an aromatic ring is 1. The fourth-order valence-electron chi connectivity index (χ4n) is 2.46. The van der Waals surface area contributed by atoms with Gasteiger partial charge in [0.05, 0.1) is 11.5 Å². The van der Waals surface area contributed by atoms with Crippen molar-refractivity contribution < 1.29 is 13.2 Å². The molecule has 0 aromatic heterocycles. The lowest BCUT2D eigenvalue weighted by Crippen LogP contribution is -2.35. The summed E-state index contributed by atoms with van der Waals surface area (Å²) in [6.07, 6.45) is 2.06. The molecule has 1 unspecified atom stereocenters. The van der Waals surface area contributed by atoms with Crippen molar-refractivity contribution in [1.29, 1.82) is 0 Å². The predicted molar refractivity (Wildman–Crippen MR) is 79.2 cm³/mol. The molecule has 0 aliphatic carbocycles. The molecule has 1 aliphatic rings. The average Bonchev–Trinajstić information content (AvgIpc) is 2.89. The van der Waals surface area contributed by atoms with Crippen molar-refractivity contribution in [3.8, 4) is 0 Å². The Balaban J connectivity index is 2.40. The SMILES string of the molecule is CCc1cc(N)c(CC)c(S(=O)(=O)NC2CCOC2)c1. The summed E-state index contributed by atoms with van der Waals surface area (Å²) in [5.74, 6) is 0. The second-order valence-corrected chi connectivity index (χ2v) is 6.73. The molecule has 1 saturated heterocycles. The van der Waals surface area contributed by atoms with Gasteiger partial charge in [-0.3, -0.25) is 0 Å². The van der Waals surface area contributed by atoms with E-state index in [9.17, 15) is 8.42 Å². The first kappa shape index (κ1) is 15.3. The molecular weight excluding hydrogens is 276 g/mol. The number of ether oxygens (including phenoxy) is 1. The quantitative estimate of drug-likeness (QED) is 0.806. The van der Waals surface area contributed by atoms with Crippen LogP contribution in [0.4, 0.5) is 5.69 Å². The van der Waals surface area contributed by atoms with Crippen LogP contribution in [0.25, 0.3) is 0 Å². The van der Waals surface area contributed by atoms with Gasteiger partial charge in [0.1, 0.15) is 0 Å². The standard InChI is InChI=1S/C14H22N2O3S/c1-3-10-7-13(15)12(4-2)14(8-10)20(17,18)16-11-5-6-19-9-11/h7-8,11,16H,3-6,9,15H2,1-2H3. The first-order valence-corrected chi connectivity index (χ1v) is 8.47. The van der Waals surface area contributed by atoms with Crippen LogP contribution in [0, 0.1) is 0 Å². The Kier molecular flexibility index (Phi) is 4.67. The molecule has 3 N–H and O–H groups in total. The third kappa shape index (κ3) is 3.13. The molecule has 1 aromatic rings. The van der Waals surface area contributed by atoms with Gasteiger partial charge >= 0.3 is 0 Å². The molecule has 0 bridgehead atoms. The van der Waals surface area contributed by atoms with Gasteiger partial charge in [-0.1, -0.05) is 13.8 Å². The number of aryl methyl sites for hydroxylation is 1. The van der Waals surface area contributed by atoms with Crippen molar-refractivity contribution >= 4 is 15.7 Å².